The fourth-order valence-corrected chi connectivity index (χ4v) is 2.77. The average molecular weight is 283 g/mol. The van der Waals surface area contributed by atoms with Crippen molar-refractivity contribution in [2.45, 2.75) is 13.0 Å². The SMILES string of the molecule is COc1ccc(N2C(=O)[C@@H](C)[C@@H]2c2ccc(O)cc2)cc1. The van der Waals surface area contributed by atoms with Crippen molar-refractivity contribution in [1.29, 1.82) is 0 Å². The van der Waals surface area contributed by atoms with Crippen LogP contribution < -0.4 is 9.64 Å². The van der Waals surface area contributed by atoms with Gasteiger partial charge in [0.1, 0.15) is 11.5 Å². The van der Waals surface area contributed by atoms with Gasteiger partial charge in [0.15, 0.2) is 0 Å². The van der Waals surface area contributed by atoms with E-state index in [1.165, 1.54) is 0 Å². The van der Waals surface area contributed by atoms with Gasteiger partial charge >= 0.3 is 0 Å². The van der Waals surface area contributed by atoms with Crippen LogP contribution in [0.5, 0.6) is 11.5 Å². The van der Waals surface area contributed by atoms with E-state index >= 15 is 0 Å². The molecule has 0 spiro atoms. The number of benzene rings is 2. The van der Waals surface area contributed by atoms with E-state index in [0.717, 1.165) is 17.0 Å². The monoisotopic (exact) mass is 283 g/mol. The molecule has 0 unspecified atom stereocenters. The molecule has 2 atom stereocenters. The van der Waals surface area contributed by atoms with Crippen LogP contribution >= 0.6 is 0 Å². The molecule has 1 heterocycles. The maximum atomic E-state index is 12.2. The molecule has 0 saturated carbocycles. The molecule has 1 fully saturated rings. The number of hydrogen-bond acceptors (Lipinski definition) is 3. The second-order valence-electron chi connectivity index (χ2n) is 5.23. The lowest BCUT2D eigenvalue weighted by atomic mass is 9.83. The van der Waals surface area contributed by atoms with Crippen LogP contribution in [0.3, 0.4) is 0 Å². The first-order valence-corrected chi connectivity index (χ1v) is 6.88. The van der Waals surface area contributed by atoms with Gasteiger partial charge in [0, 0.05) is 5.69 Å². The summed E-state index contributed by atoms with van der Waals surface area (Å²) in [5.41, 5.74) is 1.88. The van der Waals surface area contributed by atoms with Gasteiger partial charge in [-0.3, -0.25) is 4.79 Å². The summed E-state index contributed by atoms with van der Waals surface area (Å²) in [4.78, 5) is 14.0. The second-order valence-corrected chi connectivity index (χ2v) is 5.23. The molecule has 1 N–H and O–H groups in total. The molecular formula is C17H17NO3. The lowest BCUT2D eigenvalue weighted by molar-refractivity contribution is -0.129. The maximum Gasteiger partial charge on any atom is 0.232 e. The summed E-state index contributed by atoms with van der Waals surface area (Å²) in [6, 6.07) is 14.5. The standard InChI is InChI=1S/C17H17NO3/c1-11-16(12-3-7-14(19)8-4-12)18(17(11)20)13-5-9-15(21-2)10-6-13/h3-11,16,19H,1-2H3/t11-,16+/m0/s1. The number of nitrogens with zero attached hydrogens (tertiary/aromatic N) is 1. The predicted molar refractivity (Wildman–Crippen MR) is 80.5 cm³/mol. The van der Waals surface area contributed by atoms with Crippen molar-refractivity contribution in [3.05, 3.63) is 54.1 Å². The number of methoxy groups -OCH3 is 1. The smallest absolute Gasteiger partial charge is 0.232 e. The summed E-state index contributed by atoms with van der Waals surface area (Å²) in [7, 11) is 1.62. The van der Waals surface area contributed by atoms with Crippen LogP contribution in [-0.2, 0) is 4.79 Å². The Bertz CT molecular complexity index is 649. The van der Waals surface area contributed by atoms with Crippen LogP contribution in [0.25, 0.3) is 0 Å². The number of carbonyl (C=O) groups is 1. The molecule has 4 heteroatoms. The first kappa shape index (κ1) is 13.5. The molecule has 0 bridgehead atoms. The Hall–Kier alpha value is -2.49. The summed E-state index contributed by atoms with van der Waals surface area (Å²) in [5.74, 6) is 1.05. The van der Waals surface area contributed by atoms with Gasteiger partial charge in [0.2, 0.25) is 5.91 Å². The first-order valence-electron chi connectivity index (χ1n) is 6.88. The van der Waals surface area contributed by atoms with Crippen LogP contribution in [-0.4, -0.2) is 18.1 Å². The van der Waals surface area contributed by atoms with Crippen LogP contribution in [0, 0.1) is 5.92 Å². The molecule has 0 aliphatic carbocycles. The average Bonchev–Trinajstić information content (AvgIpc) is 2.53. The molecule has 2 aromatic carbocycles. The Labute approximate surface area is 123 Å². The lowest BCUT2D eigenvalue weighted by Gasteiger charge is -2.46. The van der Waals surface area contributed by atoms with Crippen molar-refractivity contribution >= 4 is 11.6 Å². The number of rotatable bonds is 3. The molecule has 2 aromatic rings. The molecule has 0 radical (unpaired) electrons. The fourth-order valence-electron chi connectivity index (χ4n) is 2.77. The van der Waals surface area contributed by atoms with Crippen LogP contribution in [0.2, 0.25) is 0 Å². The number of aromatic hydroxyl groups is 1. The first-order chi connectivity index (χ1) is 10.1. The van der Waals surface area contributed by atoms with E-state index in [1.807, 2.05) is 43.3 Å². The Morgan fingerprint density at radius 2 is 1.67 bits per heavy atom. The van der Waals surface area contributed by atoms with E-state index in [2.05, 4.69) is 0 Å². The Kier molecular flexibility index (Phi) is 3.29. The minimum atomic E-state index is -0.0587. The highest BCUT2D eigenvalue weighted by Crippen LogP contribution is 2.43. The molecule has 108 valence electrons. The number of carbonyl (C=O) groups excluding carboxylic acids is 1. The molecule has 1 amide bonds. The van der Waals surface area contributed by atoms with Gasteiger partial charge in [-0.1, -0.05) is 19.1 Å². The molecule has 1 aliphatic rings. The van der Waals surface area contributed by atoms with Gasteiger partial charge in [-0.2, -0.15) is 0 Å². The Balaban J connectivity index is 1.92. The lowest BCUT2D eigenvalue weighted by Crippen LogP contribution is -2.54. The van der Waals surface area contributed by atoms with Crippen molar-refractivity contribution in [3.63, 3.8) is 0 Å². The molecule has 0 aromatic heterocycles. The van der Waals surface area contributed by atoms with Gasteiger partial charge in [-0.05, 0) is 42.0 Å². The molecular weight excluding hydrogens is 266 g/mol. The zero-order chi connectivity index (χ0) is 15.0. The summed E-state index contributed by atoms with van der Waals surface area (Å²) < 4.78 is 5.14. The topological polar surface area (TPSA) is 49.8 Å². The third kappa shape index (κ3) is 2.23. The van der Waals surface area contributed by atoms with Gasteiger partial charge in [0.05, 0.1) is 19.1 Å². The minimum absolute atomic E-state index is 0.00601. The fraction of sp³-hybridized carbons (Fsp3) is 0.235. The number of phenols is 1. The van der Waals surface area contributed by atoms with E-state index in [1.54, 1.807) is 24.1 Å². The molecule has 21 heavy (non-hydrogen) atoms. The van der Waals surface area contributed by atoms with Gasteiger partial charge in [-0.25, -0.2) is 0 Å². The molecule has 3 rings (SSSR count). The summed E-state index contributed by atoms with van der Waals surface area (Å²) >= 11 is 0. The highest BCUT2D eigenvalue weighted by atomic mass is 16.5. The van der Waals surface area contributed by atoms with Crippen LogP contribution in [0.1, 0.15) is 18.5 Å². The third-order valence-corrected chi connectivity index (χ3v) is 3.96. The zero-order valence-electron chi connectivity index (χ0n) is 12.0. The van der Waals surface area contributed by atoms with Crippen LogP contribution in [0.4, 0.5) is 5.69 Å². The number of hydrogen-bond donors (Lipinski definition) is 1. The number of amides is 1. The second kappa shape index (κ2) is 5.13. The Morgan fingerprint density at radius 1 is 1.05 bits per heavy atom. The molecule has 1 aliphatic heterocycles. The maximum absolute atomic E-state index is 12.2. The van der Waals surface area contributed by atoms with E-state index in [-0.39, 0.29) is 23.6 Å². The number of phenolic OH excluding ortho intramolecular Hbond substituents is 1. The van der Waals surface area contributed by atoms with Crippen LogP contribution in [0.15, 0.2) is 48.5 Å². The number of anilines is 1. The normalized spacial score (nSPS) is 21.0. The summed E-state index contributed by atoms with van der Waals surface area (Å²) in [6.07, 6.45) is 0. The zero-order valence-corrected chi connectivity index (χ0v) is 12.0. The van der Waals surface area contributed by atoms with Crippen molar-refractivity contribution in [2.24, 2.45) is 5.92 Å². The quantitative estimate of drug-likeness (QED) is 0.880. The summed E-state index contributed by atoms with van der Waals surface area (Å²) in [5, 5.41) is 9.39. The highest BCUT2D eigenvalue weighted by Gasteiger charge is 2.45. The van der Waals surface area contributed by atoms with E-state index < -0.39 is 0 Å². The highest BCUT2D eigenvalue weighted by molar-refractivity contribution is 6.03. The minimum Gasteiger partial charge on any atom is -0.508 e. The van der Waals surface area contributed by atoms with Gasteiger partial charge in [-0.15, -0.1) is 0 Å². The van der Waals surface area contributed by atoms with E-state index in [0.29, 0.717) is 0 Å². The number of ether oxygens (including phenoxy) is 1. The van der Waals surface area contributed by atoms with E-state index in [4.69, 9.17) is 4.74 Å². The van der Waals surface area contributed by atoms with Crippen molar-refractivity contribution in [1.82, 2.24) is 0 Å². The molecule has 4 nitrogen and oxygen atoms in total. The van der Waals surface area contributed by atoms with Crippen molar-refractivity contribution in [3.8, 4) is 11.5 Å². The number of β-lactam (4-membered cyclic amide) rings is 1. The predicted octanol–water partition coefficient (Wildman–Crippen LogP) is 3.12. The summed E-state index contributed by atoms with van der Waals surface area (Å²) in [6.45, 7) is 1.93. The third-order valence-electron chi connectivity index (χ3n) is 3.96. The largest absolute Gasteiger partial charge is 0.508 e. The van der Waals surface area contributed by atoms with Gasteiger partial charge in [0.25, 0.3) is 0 Å². The van der Waals surface area contributed by atoms with Crippen molar-refractivity contribution < 1.29 is 14.6 Å². The Morgan fingerprint density at radius 3 is 2.24 bits per heavy atom. The van der Waals surface area contributed by atoms with Crippen molar-refractivity contribution in [2.75, 3.05) is 12.0 Å². The van der Waals surface area contributed by atoms with Gasteiger partial charge < -0.3 is 14.7 Å². The molecule has 1 saturated heterocycles. The van der Waals surface area contributed by atoms with E-state index in [9.17, 15) is 9.90 Å².